The van der Waals surface area contributed by atoms with Crippen LogP contribution in [-0.2, 0) is 4.79 Å². The van der Waals surface area contributed by atoms with Gasteiger partial charge in [0.05, 0.1) is 0 Å². The summed E-state index contributed by atoms with van der Waals surface area (Å²) in [5.41, 5.74) is 5.94. The van der Waals surface area contributed by atoms with Crippen molar-refractivity contribution in [3.05, 3.63) is 24.3 Å². The number of hydrogen-bond donors (Lipinski definition) is 1. The molecule has 0 spiro atoms. The maximum Gasteiger partial charge on any atom is 0.267 e. The Morgan fingerprint density at radius 1 is 1.27 bits per heavy atom. The molecular formula is C16H23ClN2O3. The first-order valence-corrected chi connectivity index (χ1v) is 7.58. The van der Waals surface area contributed by atoms with E-state index in [0.717, 1.165) is 25.9 Å². The molecule has 2 aliphatic heterocycles. The molecule has 122 valence electrons. The van der Waals surface area contributed by atoms with Gasteiger partial charge >= 0.3 is 0 Å². The summed E-state index contributed by atoms with van der Waals surface area (Å²) in [7, 11) is 0. The summed E-state index contributed by atoms with van der Waals surface area (Å²) in [5.74, 6) is 1.88. The van der Waals surface area contributed by atoms with E-state index in [9.17, 15) is 4.79 Å². The number of piperidine rings is 1. The predicted octanol–water partition coefficient (Wildman–Crippen LogP) is 1.83. The number of ether oxygens (including phenoxy) is 2. The van der Waals surface area contributed by atoms with Gasteiger partial charge < -0.3 is 20.1 Å². The number of benzene rings is 1. The van der Waals surface area contributed by atoms with Crippen LogP contribution in [0.25, 0.3) is 0 Å². The lowest BCUT2D eigenvalue weighted by Gasteiger charge is -2.36. The van der Waals surface area contributed by atoms with Crippen LogP contribution < -0.4 is 15.2 Å². The third-order valence-corrected chi connectivity index (χ3v) is 4.38. The van der Waals surface area contributed by atoms with Crippen LogP contribution in [0.15, 0.2) is 24.3 Å². The van der Waals surface area contributed by atoms with Crippen LogP contribution in [0.2, 0.25) is 0 Å². The van der Waals surface area contributed by atoms with Crippen molar-refractivity contribution in [2.75, 3.05) is 19.7 Å². The van der Waals surface area contributed by atoms with E-state index in [4.69, 9.17) is 15.2 Å². The second kappa shape index (κ2) is 7.20. The number of carbonyl (C=O) groups is 1. The lowest BCUT2D eigenvalue weighted by molar-refractivity contribution is -0.142. The second-order valence-corrected chi connectivity index (χ2v) is 5.89. The highest BCUT2D eigenvalue weighted by Crippen LogP contribution is 2.31. The largest absolute Gasteiger partial charge is 0.485 e. The summed E-state index contributed by atoms with van der Waals surface area (Å²) in [6.07, 6.45) is 1.40. The number of amides is 1. The Hall–Kier alpha value is -1.46. The van der Waals surface area contributed by atoms with Gasteiger partial charge in [0.2, 0.25) is 6.10 Å². The van der Waals surface area contributed by atoms with Gasteiger partial charge in [0.25, 0.3) is 5.91 Å². The quantitative estimate of drug-likeness (QED) is 0.900. The van der Waals surface area contributed by atoms with Crippen LogP contribution in [0, 0.1) is 5.92 Å². The summed E-state index contributed by atoms with van der Waals surface area (Å²) < 4.78 is 11.4. The number of likely N-dealkylation sites (tertiary alicyclic amines) is 1. The van der Waals surface area contributed by atoms with E-state index in [-0.39, 0.29) is 31.0 Å². The molecule has 0 aromatic heterocycles. The van der Waals surface area contributed by atoms with Crippen molar-refractivity contribution >= 4 is 18.3 Å². The van der Waals surface area contributed by atoms with Crippen LogP contribution in [0.1, 0.15) is 19.8 Å². The van der Waals surface area contributed by atoms with Gasteiger partial charge in [0, 0.05) is 19.1 Å². The molecule has 2 N–H and O–H groups in total. The van der Waals surface area contributed by atoms with Crippen LogP contribution in [0.3, 0.4) is 0 Å². The number of nitrogens with two attached hydrogens (primary N) is 1. The molecule has 6 heteroatoms. The number of hydrogen-bond acceptors (Lipinski definition) is 4. The fraction of sp³-hybridized carbons (Fsp3) is 0.562. The van der Waals surface area contributed by atoms with E-state index in [1.807, 2.05) is 36.1 Å². The molecule has 0 aliphatic carbocycles. The second-order valence-electron chi connectivity index (χ2n) is 5.89. The molecule has 1 aromatic carbocycles. The molecule has 2 aliphatic rings. The number of para-hydroxylation sites is 2. The van der Waals surface area contributed by atoms with E-state index in [1.54, 1.807) is 0 Å². The molecule has 1 saturated heterocycles. The van der Waals surface area contributed by atoms with Crippen LogP contribution in [0.4, 0.5) is 0 Å². The molecule has 0 bridgehead atoms. The molecular weight excluding hydrogens is 304 g/mol. The molecule has 2 heterocycles. The fourth-order valence-electron chi connectivity index (χ4n) is 2.99. The van der Waals surface area contributed by atoms with Gasteiger partial charge in [-0.2, -0.15) is 0 Å². The van der Waals surface area contributed by atoms with Gasteiger partial charge in [-0.05, 0) is 37.8 Å². The zero-order chi connectivity index (χ0) is 14.8. The smallest absolute Gasteiger partial charge is 0.267 e. The first-order valence-electron chi connectivity index (χ1n) is 7.58. The summed E-state index contributed by atoms with van der Waals surface area (Å²) >= 11 is 0. The number of halogens is 1. The Kier molecular flexibility index (Phi) is 5.53. The molecule has 1 amide bonds. The number of nitrogens with zero attached hydrogens (tertiary/aromatic N) is 1. The lowest BCUT2D eigenvalue weighted by atomic mass is 9.91. The highest BCUT2D eigenvalue weighted by Gasteiger charge is 2.33. The summed E-state index contributed by atoms with van der Waals surface area (Å²) in [4.78, 5) is 14.4. The average Bonchev–Trinajstić information content (AvgIpc) is 2.54. The molecule has 2 unspecified atom stereocenters. The van der Waals surface area contributed by atoms with Crippen molar-refractivity contribution in [1.82, 2.24) is 4.90 Å². The average molecular weight is 327 g/mol. The first-order chi connectivity index (χ1) is 10.1. The lowest BCUT2D eigenvalue weighted by Crippen LogP contribution is -2.50. The minimum atomic E-state index is -0.535. The summed E-state index contributed by atoms with van der Waals surface area (Å²) in [5, 5.41) is 0. The molecule has 3 rings (SSSR count). The maximum absolute atomic E-state index is 12.5. The molecule has 0 saturated carbocycles. The Morgan fingerprint density at radius 2 is 1.91 bits per heavy atom. The van der Waals surface area contributed by atoms with Gasteiger partial charge in [-0.1, -0.05) is 12.1 Å². The predicted molar refractivity (Wildman–Crippen MR) is 86.6 cm³/mol. The van der Waals surface area contributed by atoms with Gasteiger partial charge in [0.15, 0.2) is 11.5 Å². The van der Waals surface area contributed by atoms with Crippen molar-refractivity contribution in [3.8, 4) is 11.5 Å². The van der Waals surface area contributed by atoms with Crippen LogP contribution in [-0.4, -0.2) is 42.6 Å². The molecule has 1 aromatic rings. The van der Waals surface area contributed by atoms with Crippen LogP contribution >= 0.6 is 12.4 Å². The fourth-order valence-corrected chi connectivity index (χ4v) is 2.99. The third-order valence-electron chi connectivity index (χ3n) is 4.38. The van der Waals surface area contributed by atoms with Crippen molar-refractivity contribution in [1.29, 1.82) is 0 Å². The molecule has 0 radical (unpaired) electrons. The summed E-state index contributed by atoms with van der Waals surface area (Å²) in [6.45, 7) is 3.83. The normalized spacial score (nSPS) is 22.6. The van der Waals surface area contributed by atoms with Crippen molar-refractivity contribution in [2.24, 2.45) is 11.7 Å². The number of carbonyl (C=O) groups excluding carboxylic acids is 1. The van der Waals surface area contributed by atoms with E-state index >= 15 is 0 Å². The minimum Gasteiger partial charge on any atom is -0.485 e. The zero-order valence-electron chi connectivity index (χ0n) is 12.7. The van der Waals surface area contributed by atoms with Gasteiger partial charge in [-0.3, -0.25) is 4.79 Å². The Labute approximate surface area is 137 Å². The Balaban J connectivity index is 0.00000176. The first kappa shape index (κ1) is 16.9. The monoisotopic (exact) mass is 326 g/mol. The van der Waals surface area contributed by atoms with Crippen molar-refractivity contribution in [3.63, 3.8) is 0 Å². The highest BCUT2D eigenvalue weighted by atomic mass is 35.5. The highest BCUT2D eigenvalue weighted by molar-refractivity contribution is 5.85. The SMILES string of the molecule is CC(N)C1CCN(C(=O)C2COc3ccccc3O2)CC1.Cl. The van der Waals surface area contributed by atoms with E-state index in [1.165, 1.54) is 0 Å². The molecule has 2 atom stereocenters. The Morgan fingerprint density at radius 3 is 2.55 bits per heavy atom. The minimum absolute atomic E-state index is 0. The topological polar surface area (TPSA) is 64.8 Å². The van der Waals surface area contributed by atoms with E-state index in [2.05, 4.69) is 0 Å². The molecule has 22 heavy (non-hydrogen) atoms. The standard InChI is InChI=1S/C16H22N2O3.ClH/c1-11(17)12-6-8-18(9-7-12)16(19)15-10-20-13-4-2-3-5-14(13)21-15;/h2-5,11-12,15H,6-10,17H2,1H3;1H. The van der Waals surface area contributed by atoms with Crippen molar-refractivity contribution in [2.45, 2.75) is 31.9 Å². The van der Waals surface area contributed by atoms with E-state index < -0.39 is 6.10 Å². The zero-order valence-corrected chi connectivity index (χ0v) is 13.6. The van der Waals surface area contributed by atoms with Crippen molar-refractivity contribution < 1.29 is 14.3 Å². The number of rotatable bonds is 2. The van der Waals surface area contributed by atoms with Crippen LogP contribution in [0.5, 0.6) is 11.5 Å². The third kappa shape index (κ3) is 3.47. The molecule has 5 nitrogen and oxygen atoms in total. The van der Waals surface area contributed by atoms with Gasteiger partial charge in [0.1, 0.15) is 6.61 Å². The molecule has 1 fully saturated rings. The Bertz CT molecular complexity index is 516. The van der Waals surface area contributed by atoms with Gasteiger partial charge in [-0.15, -0.1) is 12.4 Å². The van der Waals surface area contributed by atoms with Gasteiger partial charge in [-0.25, -0.2) is 0 Å². The number of fused-ring (bicyclic) bond motifs is 1. The maximum atomic E-state index is 12.5. The van der Waals surface area contributed by atoms with E-state index in [0.29, 0.717) is 17.4 Å². The summed E-state index contributed by atoms with van der Waals surface area (Å²) in [6, 6.07) is 7.65.